The first kappa shape index (κ1) is 14.9. The summed E-state index contributed by atoms with van der Waals surface area (Å²) in [6, 6.07) is -0.348. The number of ether oxygens (including phenoxy) is 1. The van der Waals surface area contributed by atoms with Crippen molar-refractivity contribution >= 4 is 11.8 Å². The Morgan fingerprint density at radius 1 is 1.38 bits per heavy atom. The van der Waals surface area contributed by atoms with Crippen LogP contribution >= 0.6 is 0 Å². The fourth-order valence-electron chi connectivity index (χ4n) is 0.976. The third-order valence-electron chi connectivity index (χ3n) is 2.21. The molecule has 0 fully saturated rings. The summed E-state index contributed by atoms with van der Waals surface area (Å²) in [5.74, 6) is -0.776. The first-order chi connectivity index (χ1) is 7.49. The molecule has 6 nitrogen and oxygen atoms in total. The summed E-state index contributed by atoms with van der Waals surface area (Å²) < 4.78 is 4.81. The van der Waals surface area contributed by atoms with Gasteiger partial charge >= 0.3 is 0 Å². The van der Waals surface area contributed by atoms with Gasteiger partial charge in [0.05, 0.1) is 12.6 Å². The minimum Gasteiger partial charge on any atom is -0.383 e. The third kappa shape index (κ3) is 6.36. The van der Waals surface area contributed by atoms with Crippen LogP contribution in [0.15, 0.2) is 0 Å². The van der Waals surface area contributed by atoms with Crippen molar-refractivity contribution in [2.45, 2.75) is 19.9 Å². The quantitative estimate of drug-likeness (QED) is 0.460. The monoisotopic (exact) mass is 231 g/mol. The number of nitrogens with two attached hydrogens (primary N) is 1. The molecule has 16 heavy (non-hydrogen) atoms. The van der Waals surface area contributed by atoms with Crippen molar-refractivity contribution in [1.29, 1.82) is 0 Å². The molecule has 0 aliphatic rings. The lowest BCUT2D eigenvalue weighted by Gasteiger charge is -2.15. The topological polar surface area (TPSA) is 93.4 Å². The van der Waals surface area contributed by atoms with E-state index >= 15 is 0 Å². The van der Waals surface area contributed by atoms with E-state index in [9.17, 15) is 9.59 Å². The van der Waals surface area contributed by atoms with Gasteiger partial charge in [-0.1, -0.05) is 6.92 Å². The largest absolute Gasteiger partial charge is 0.383 e. The van der Waals surface area contributed by atoms with Gasteiger partial charge in [0.2, 0.25) is 11.8 Å². The molecule has 2 atom stereocenters. The molecule has 0 aliphatic heterocycles. The maximum atomic E-state index is 11.5. The smallest absolute Gasteiger partial charge is 0.236 e. The summed E-state index contributed by atoms with van der Waals surface area (Å²) >= 11 is 0. The molecule has 0 aromatic heterocycles. The van der Waals surface area contributed by atoms with E-state index in [1.54, 1.807) is 21.0 Å². The zero-order valence-corrected chi connectivity index (χ0v) is 10.1. The van der Waals surface area contributed by atoms with Crippen molar-refractivity contribution in [3.63, 3.8) is 0 Å². The Kier molecular flexibility index (Phi) is 7.49. The molecule has 0 aromatic carbocycles. The van der Waals surface area contributed by atoms with E-state index in [0.29, 0.717) is 19.7 Å². The number of nitrogens with one attached hydrogen (secondary N) is 2. The van der Waals surface area contributed by atoms with Crippen molar-refractivity contribution in [3.8, 4) is 0 Å². The summed E-state index contributed by atoms with van der Waals surface area (Å²) in [6.45, 7) is 4.80. The van der Waals surface area contributed by atoms with Crippen molar-refractivity contribution in [2.75, 3.05) is 26.8 Å². The molecule has 0 aliphatic carbocycles. The van der Waals surface area contributed by atoms with E-state index in [1.807, 2.05) is 0 Å². The van der Waals surface area contributed by atoms with Gasteiger partial charge in [-0.15, -0.1) is 0 Å². The van der Waals surface area contributed by atoms with Crippen LogP contribution in [0.1, 0.15) is 13.8 Å². The number of carbonyl (C=O) groups is 2. The summed E-state index contributed by atoms with van der Waals surface area (Å²) in [5, 5.41) is 5.63. The van der Waals surface area contributed by atoms with Gasteiger partial charge in [0.15, 0.2) is 0 Å². The number of methoxy groups -OCH3 is 1. The van der Waals surface area contributed by atoms with Crippen molar-refractivity contribution in [2.24, 2.45) is 11.7 Å². The molecule has 0 radical (unpaired) electrons. The summed E-state index contributed by atoms with van der Waals surface area (Å²) in [6.07, 6.45) is 0. The van der Waals surface area contributed by atoms with Gasteiger partial charge in [-0.25, -0.2) is 0 Å². The molecule has 0 aromatic rings. The fourth-order valence-corrected chi connectivity index (χ4v) is 0.976. The third-order valence-corrected chi connectivity index (χ3v) is 2.21. The van der Waals surface area contributed by atoms with Gasteiger partial charge in [-0.05, 0) is 6.92 Å². The van der Waals surface area contributed by atoms with Crippen molar-refractivity contribution in [1.82, 2.24) is 10.6 Å². The number of rotatable bonds is 8. The molecule has 0 spiro atoms. The fraction of sp³-hybridized carbons (Fsp3) is 0.800. The Morgan fingerprint density at radius 2 is 2.00 bits per heavy atom. The average Bonchev–Trinajstić information content (AvgIpc) is 2.25. The van der Waals surface area contributed by atoms with E-state index < -0.39 is 0 Å². The van der Waals surface area contributed by atoms with Gasteiger partial charge < -0.3 is 21.1 Å². The van der Waals surface area contributed by atoms with Gasteiger partial charge in [0.25, 0.3) is 0 Å². The van der Waals surface area contributed by atoms with E-state index in [-0.39, 0.29) is 23.8 Å². The Bertz CT molecular complexity index is 233. The number of amides is 2. The molecule has 2 unspecified atom stereocenters. The predicted molar refractivity (Wildman–Crippen MR) is 60.7 cm³/mol. The first-order valence-electron chi connectivity index (χ1n) is 5.28. The van der Waals surface area contributed by atoms with E-state index in [1.165, 1.54) is 0 Å². The maximum absolute atomic E-state index is 11.5. The highest BCUT2D eigenvalue weighted by Crippen LogP contribution is 1.91. The lowest BCUT2D eigenvalue weighted by atomic mass is 10.1. The SMILES string of the molecule is COCCNC(=O)C(C)NCC(C)C(N)=O. The highest BCUT2D eigenvalue weighted by molar-refractivity contribution is 5.81. The van der Waals surface area contributed by atoms with Crippen LogP contribution in [0, 0.1) is 5.92 Å². The molecule has 94 valence electrons. The predicted octanol–water partition coefficient (Wildman–Crippen LogP) is -1.15. The molecular weight excluding hydrogens is 210 g/mol. The molecule has 0 rings (SSSR count). The second-order valence-corrected chi connectivity index (χ2v) is 3.72. The zero-order valence-electron chi connectivity index (χ0n) is 10.1. The second-order valence-electron chi connectivity index (χ2n) is 3.72. The molecule has 6 heteroatoms. The zero-order chi connectivity index (χ0) is 12.6. The maximum Gasteiger partial charge on any atom is 0.236 e. The van der Waals surface area contributed by atoms with Crippen LogP contribution in [0.2, 0.25) is 0 Å². The van der Waals surface area contributed by atoms with E-state index in [0.717, 1.165) is 0 Å². The number of hydrogen-bond acceptors (Lipinski definition) is 4. The Morgan fingerprint density at radius 3 is 2.50 bits per heavy atom. The molecular formula is C10H21N3O3. The van der Waals surface area contributed by atoms with Gasteiger partial charge in [0.1, 0.15) is 0 Å². The summed E-state index contributed by atoms with van der Waals surface area (Å²) in [5.41, 5.74) is 5.10. The molecule has 2 amide bonds. The first-order valence-corrected chi connectivity index (χ1v) is 5.28. The van der Waals surface area contributed by atoms with Gasteiger partial charge in [0, 0.05) is 26.1 Å². The van der Waals surface area contributed by atoms with Crippen LogP contribution < -0.4 is 16.4 Å². The normalized spacial score (nSPS) is 14.2. The lowest BCUT2D eigenvalue weighted by Crippen LogP contribution is -2.45. The highest BCUT2D eigenvalue weighted by Gasteiger charge is 2.14. The van der Waals surface area contributed by atoms with E-state index in [4.69, 9.17) is 10.5 Å². The van der Waals surface area contributed by atoms with Gasteiger partial charge in [-0.3, -0.25) is 9.59 Å². The number of hydrogen-bond donors (Lipinski definition) is 3. The minimum absolute atomic E-state index is 0.117. The molecule has 0 bridgehead atoms. The molecule has 4 N–H and O–H groups in total. The van der Waals surface area contributed by atoms with Crippen LogP contribution in [-0.2, 0) is 14.3 Å². The van der Waals surface area contributed by atoms with Crippen molar-refractivity contribution in [3.05, 3.63) is 0 Å². The van der Waals surface area contributed by atoms with Crippen LogP contribution in [0.5, 0.6) is 0 Å². The van der Waals surface area contributed by atoms with Crippen LogP contribution in [0.25, 0.3) is 0 Å². The summed E-state index contributed by atoms with van der Waals surface area (Å²) in [4.78, 5) is 22.2. The van der Waals surface area contributed by atoms with Gasteiger partial charge in [-0.2, -0.15) is 0 Å². The van der Waals surface area contributed by atoms with Crippen LogP contribution in [0.3, 0.4) is 0 Å². The standard InChI is InChI=1S/C10H21N3O3/c1-7(9(11)14)6-13-8(2)10(15)12-4-5-16-3/h7-8,13H,4-6H2,1-3H3,(H2,11,14)(H,12,15). The summed E-state index contributed by atoms with van der Waals surface area (Å²) in [7, 11) is 1.57. The molecule has 0 saturated carbocycles. The second kappa shape index (κ2) is 8.06. The Balaban J connectivity index is 3.74. The minimum atomic E-state index is -0.375. The van der Waals surface area contributed by atoms with Crippen LogP contribution in [0.4, 0.5) is 0 Å². The lowest BCUT2D eigenvalue weighted by molar-refractivity contribution is -0.124. The average molecular weight is 231 g/mol. The molecule has 0 heterocycles. The van der Waals surface area contributed by atoms with Crippen molar-refractivity contribution < 1.29 is 14.3 Å². The van der Waals surface area contributed by atoms with Crippen LogP contribution in [-0.4, -0.2) is 44.7 Å². The number of carbonyl (C=O) groups excluding carboxylic acids is 2. The van der Waals surface area contributed by atoms with E-state index in [2.05, 4.69) is 10.6 Å². The Labute approximate surface area is 95.9 Å². The number of primary amides is 1. The highest BCUT2D eigenvalue weighted by atomic mass is 16.5. The molecule has 0 saturated heterocycles. The Hall–Kier alpha value is -1.14.